The molecule has 0 spiro atoms. The maximum atomic E-state index is 3.74. The monoisotopic (exact) mass is 224 g/mol. The Balaban J connectivity index is 1.48. The summed E-state index contributed by atoms with van der Waals surface area (Å²) in [5.41, 5.74) is 0. The van der Waals surface area contributed by atoms with E-state index >= 15 is 0 Å². The van der Waals surface area contributed by atoms with Crippen LogP contribution in [0.5, 0.6) is 0 Å². The molecule has 2 unspecified atom stereocenters. The second-order valence-electron chi connectivity index (χ2n) is 5.64. The van der Waals surface area contributed by atoms with Crippen LogP contribution in [0, 0.1) is 5.92 Å². The number of nitrogens with one attached hydrogen (secondary N) is 1. The summed E-state index contributed by atoms with van der Waals surface area (Å²) in [6.07, 6.45) is 9.88. The lowest BCUT2D eigenvalue weighted by atomic mass is 10.1. The first-order valence-corrected chi connectivity index (χ1v) is 7.34. The molecule has 2 aliphatic rings. The van der Waals surface area contributed by atoms with Crippen LogP contribution in [0.15, 0.2) is 0 Å². The molecule has 1 aliphatic heterocycles. The zero-order chi connectivity index (χ0) is 11.2. The molecule has 1 saturated carbocycles. The molecule has 0 radical (unpaired) electrons. The Bertz CT molecular complexity index is 187. The second-order valence-corrected chi connectivity index (χ2v) is 5.64. The number of nitrogens with zero attached hydrogens (tertiary/aromatic N) is 1. The molecule has 1 N–H and O–H groups in total. The lowest BCUT2D eigenvalue weighted by Crippen LogP contribution is -2.30. The average Bonchev–Trinajstić information content (AvgIpc) is 2.95. The lowest BCUT2D eigenvalue weighted by molar-refractivity contribution is 0.327. The van der Waals surface area contributed by atoms with Gasteiger partial charge in [-0.1, -0.05) is 13.3 Å². The van der Waals surface area contributed by atoms with Crippen molar-refractivity contribution < 1.29 is 0 Å². The Morgan fingerprint density at radius 2 is 2.00 bits per heavy atom. The van der Waals surface area contributed by atoms with Crippen molar-refractivity contribution in [2.75, 3.05) is 26.2 Å². The molecule has 0 aromatic heterocycles. The molecule has 2 atom stereocenters. The van der Waals surface area contributed by atoms with Crippen molar-refractivity contribution in [3.05, 3.63) is 0 Å². The van der Waals surface area contributed by atoms with Gasteiger partial charge < -0.3 is 10.2 Å². The van der Waals surface area contributed by atoms with Gasteiger partial charge in [0.05, 0.1) is 0 Å². The van der Waals surface area contributed by atoms with Gasteiger partial charge in [-0.15, -0.1) is 0 Å². The summed E-state index contributed by atoms with van der Waals surface area (Å²) in [6, 6.07) is 0.837. The third-order valence-electron chi connectivity index (χ3n) is 4.40. The summed E-state index contributed by atoms with van der Waals surface area (Å²) in [7, 11) is 0. The molecule has 94 valence electrons. The minimum atomic E-state index is 0.837. The second kappa shape index (κ2) is 6.61. The number of hydrogen-bond acceptors (Lipinski definition) is 2. The molecule has 0 bridgehead atoms. The third kappa shape index (κ3) is 3.74. The van der Waals surface area contributed by atoms with Gasteiger partial charge in [0.2, 0.25) is 0 Å². The van der Waals surface area contributed by atoms with Crippen molar-refractivity contribution in [1.29, 1.82) is 0 Å². The fraction of sp³-hybridized carbons (Fsp3) is 1.00. The van der Waals surface area contributed by atoms with Crippen LogP contribution in [0.2, 0.25) is 0 Å². The first kappa shape index (κ1) is 12.4. The highest BCUT2D eigenvalue weighted by Crippen LogP contribution is 2.27. The van der Waals surface area contributed by atoms with Gasteiger partial charge >= 0.3 is 0 Å². The molecule has 0 amide bonds. The van der Waals surface area contributed by atoms with Crippen molar-refractivity contribution in [3.63, 3.8) is 0 Å². The number of rotatable bonds is 6. The van der Waals surface area contributed by atoms with Gasteiger partial charge in [0, 0.05) is 6.04 Å². The normalized spacial score (nSPS) is 31.3. The Labute approximate surface area is 101 Å². The Morgan fingerprint density at radius 3 is 2.69 bits per heavy atom. The highest BCUT2D eigenvalue weighted by Gasteiger charge is 2.22. The number of likely N-dealkylation sites (tertiary alicyclic amines) is 1. The van der Waals surface area contributed by atoms with Crippen molar-refractivity contribution in [2.45, 2.75) is 57.9 Å². The van der Waals surface area contributed by atoms with Gasteiger partial charge in [-0.3, -0.25) is 0 Å². The number of hydrogen-bond donors (Lipinski definition) is 1. The quantitative estimate of drug-likeness (QED) is 0.698. The predicted molar refractivity (Wildman–Crippen MR) is 69.7 cm³/mol. The van der Waals surface area contributed by atoms with Gasteiger partial charge in [0.1, 0.15) is 0 Å². The van der Waals surface area contributed by atoms with Crippen molar-refractivity contribution in [2.24, 2.45) is 5.92 Å². The van der Waals surface area contributed by atoms with Crippen molar-refractivity contribution in [1.82, 2.24) is 10.2 Å². The largest absolute Gasteiger partial charge is 0.314 e. The molecule has 2 rings (SSSR count). The van der Waals surface area contributed by atoms with E-state index in [9.17, 15) is 0 Å². The smallest absolute Gasteiger partial charge is 0.00698 e. The zero-order valence-corrected chi connectivity index (χ0v) is 10.9. The van der Waals surface area contributed by atoms with Crippen LogP contribution in [-0.4, -0.2) is 37.1 Å². The van der Waals surface area contributed by atoms with Gasteiger partial charge in [0.15, 0.2) is 0 Å². The topological polar surface area (TPSA) is 15.3 Å². The molecule has 0 aromatic carbocycles. The highest BCUT2D eigenvalue weighted by molar-refractivity contribution is 4.79. The van der Waals surface area contributed by atoms with E-state index in [1.807, 2.05) is 0 Å². The van der Waals surface area contributed by atoms with Crippen molar-refractivity contribution >= 4 is 0 Å². The Hall–Kier alpha value is -0.0800. The molecule has 2 heteroatoms. The van der Waals surface area contributed by atoms with Crippen LogP contribution in [-0.2, 0) is 0 Å². The molecule has 2 fully saturated rings. The Morgan fingerprint density at radius 1 is 1.19 bits per heavy atom. The van der Waals surface area contributed by atoms with Crippen LogP contribution >= 0.6 is 0 Å². The molecule has 1 aliphatic carbocycles. The van der Waals surface area contributed by atoms with Crippen LogP contribution < -0.4 is 5.32 Å². The van der Waals surface area contributed by atoms with Gasteiger partial charge in [-0.05, 0) is 70.6 Å². The van der Waals surface area contributed by atoms with Gasteiger partial charge in [-0.2, -0.15) is 0 Å². The molecule has 0 aromatic rings. The standard InChI is InChI=1S/C14H28N2/c1-2-13-6-7-14(12-13)15-8-5-11-16-9-3-4-10-16/h13-15H,2-12H2,1H3. The SMILES string of the molecule is CCC1CCC(NCCCN2CCCC2)C1. The molecule has 2 nitrogen and oxygen atoms in total. The minimum absolute atomic E-state index is 0.837. The van der Waals surface area contributed by atoms with E-state index in [1.165, 1.54) is 71.1 Å². The summed E-state index contributed by atoms with van der Waals surface area (Å²) in [5.74, 6) is 1.01. The average molecular weight is 224 g/mol. The first-order valence-electron chi connectivity index (χ1n) is 7.34. The summed E-state index contributed by atoms with van der Waals surface area (Å²) in [6.45, 7) is 7.58. The fourth-order valence-corrected chi connectivity index (χ4v) is 3.25. The molecular formula is C14H28N2. The van der Waals surface area contributed by atoms with E-state index in [2.05, 4.69) is 17.1 Å². The molecule has 1 heterocycles. The minimum Gasteiger partial charge on any atom is -0.314 e. The van der Waals surface area contributed by atoms with E-state index in [0.29, 0.717) is 0 Å². The predicted octanol–water partition coefficient (Wildman–Crippen LogP) is 2.64. The third-order valence-corrected chi connectivity index (χ3v) is 4.40. The van der Waals surface area contributed by atoms with E-state index in [4.69, 9.17) is 0 Å². The summed E-state index contributed by atoms with van der Waals surface area (Å²) >= 11 is 0. The maximum absolute atomic E-state index is 3.74. The fourth-order valence-electron chi connectivity index (χ4n) is 3.25. The van der Waals surface area contributed by atoms with Crippen LogP contribution in [0.1, 0.15) is 51.9 Å². The van der Waals surface area contributed by atoms with Crippen LogP contribution in [0.3, 0.4) is 0 Å². The van der Waals surface area contributed by atoms with Crippen LogP contribution in [0.25, 0.3) is 0 Å². The van der Waals surface area contributed by atoms with Gasteiger partial charge in [0.25, 0.3) is 0 Å². The van der Waals surface area contributed by atoms with Gasteiger partial charge in [-0.25, -0.2) is 0 Å². The van der Waals surface area contributed by atoms with Crippen molar-refractivity contribution in [3.8, 4) is 0 Å². The highest BCUT2D eigenvalue weighted by atomic mass is 15.1. The van der Waals surface area contributed by atoms with E-state index < -0.39 is 0 Å². The zero-order valence-electron chi connectivity index (χ0n) is 10.9. The Kier molecular flexibility index (Phi) is 5.11. The van der Waals surface area contributed by atoms with E-state index in [1.54, 1.807) is 0 Å². The summed E-state index contributed by atoms with van der Waals surface area (Å²) in [4.78, 5) is 2.62. The van der Waals surface area contributed by atoms with Crippen LogP contribution in [0.4, 0.5) is 0 Å². The van der Waals surface area contributed by atoms with E-state index in [0.717, 1.165) is 12.0 Å². The summed E-state index contributed by atoms with van der Waals surface area (Å²) < 4.78 is 0. The molecule has 16 heavy (non-hydrogen) atoms. The maximum Gasteiger partial charge on any atom is 0.00698 e. The molecule has 1 saturated heterocycles. The first-order chi connectivity index (χ1) is 7.88. The van der Waals surface area contributed by atoms with E-state index in [-0.39, 0.29) is 0 Å². The summed E-state index contributed by atoms with van der Waals surface area (Å²) in [5, 5.41) is 3.74. The lowest BCUT2D eigenvalue weighted by Gasteiger charge is -2.16. The molecular weight excluding hydrogens is 196 g/mol.